The van der Waals surface area contributed by atoms with Gasteiger partial charge in [-0.25, -0.2) is 4.98 Å². The maximum absolute atomic E-state index is 13.2. The average Bonchev–Trinajstić information content (AvgIpc) is 3.47. The molecule has 3 aromatic rings. The minimum atomic E-state index is -0.345. The number of carbonyl (C=O) groups is 1. The Hall–Kier alpha value is -2.95. The summed E-state index contributed by atoms with van der Waals surface area (Å²) in [5.41, 5.74) is 2.25. The normalized spacial score (nSPS) is 19.1. The van der Waals surface area contributed by atoms with Crippen LogP contribution in [0.25, 0.3) is 5.82 Å². The highest BCUT2D eigenvalue weighted by atomic mass is 79.9. The van der Waals surface area contributed by atoms with E-state index in [1.54, 1.807) is 17.5 Å². The van der Waals surface area contributed by atoms with Crippen LogP contribution in [0.2, 0.25) is 0 Å². The number of hydrogen-bond acceptors (Lipinski definition) is 5. The number of thiophene rings is 1. The molecule has 2 aliphatic rings. The lowest BCUT2D eigenvalue weighted by Gasteiger charge is -2.40. The topological polar surface area (TPSA) is 61.9 Å². The van der Waals surface area contributed by atoms with Crippen LogP contribution in [0, 0.1) is 11.3 Å². The predicted octanol–water partition coefficient (Wildman–Crippen LogP) is 5.71. The molecule has 0 fully saturated rings. The largest absolute Gasteiger partial charge is 0.309 e. The first-order valence-electron chi connectivity index (χ1n) is 9.68. The van der Waals surface area contributed by atoms with Crippen molar-refractivity contribution in [3.8, 4) is 6.07 Å². The SMILES string of the molecule is N#CC1=C(n2cccc2)N(c2ccc(Br)cn2)C2=C(C(=O)CCC2)[C@@H]1c1cccs1. The Kier molecular flexibility index (Phi) is 4.89. The molecule has 0 bridgehead atoms. The van der Waals surface area contributed by atoms with E-state index in [-0.39, 0.29) is 11.7 Å². The molecule has 4 heterocycles. The van der Waals surface area contributed by atoms with Gasteiger partial charge in [-0.3, -0.25) is 9.69 Å². The first-order chi connectivity index (χ1) is 14.7. The molecule has 0 saturated carbocycles. The van der Waals surface area contributed by atoms with Crippen LogP contribution < -0.4 is 4.90 Å². The number of aromatic nitrogens is 2. The van der Waals surface area contributed by atoms with Crippen LogP contribution >= 0.6 is 27.3 Å². The maximum atomic E-state index is 13.2. The second-order valence-corrected chi connectivity index (χ2v) is 9.09. The van der Waals surface area contributed by atoms with Gasteiger partial charge >= 0.3 is 0 Å². The molecule has 0 radical (unpaired) electrons. The van der Waals surface area contributed by atoms with Crippen molar-refractivity contribution < 1.29 is 4.79 Å². The van der Waals surface area contributed by atoms with E-state index in [0.29, 0.717) is 17.8 Å². The van der Waals surface area contributed by atoms with E-state index >= 15 is 0 Å². The molecule has 5 nitrogen and oxygen atoms in total. The Morgan fingerprint density at radius 2 is 2.00 bits per heavy atom. The number of Topliss-reactive ketones (excluding diaryl/α,β-unsaturated/α-hetero) is 1. The third-order valence-electron chi connectivity index (χ3n) is 5.47. The van der Waals surface area contributed by atoms with Crippen molar-refractivity contribution in [2.24, 2.45) is 0 Å². The second kappa shape index (κ2) is 7.71. The minimum absolute atomic E-state index is 0.121. The smallest absolute Gasteiger partial charge is 0.161 e. The molecule has 7 heteroatoms. The summed E-state index contributed by atoms with van der Waals surface area (Å²) < 4.78 is 2.83. The molecule has 0 N–H and O–H groups in total. The molecule has 1 aliphatic carbocycles. The lowest BCUT2D eigenvalue weighted by Crippen LogP contribution is -2.36. The highest BCUT2D eigenvalue weighted by Gasteiger charge is 2.42. The summed E-state index contributed by atoms with van der Waals surface area (Å²) in [6, 6.07) is 14.1. The van der Waals surface area contributed by atoms with Crippen molar-refractivity contribution in [1.82, 2.24) is 9.55 Å². The van der Waals surface area contributed by atoms with Crippen LogP contribution in [0.5, 0.6) is 0 Å². The van der Waals surface area contributed by atoms with Gasteiger partial charge in [0, 0.05) is 45.6 Å². The number of nitrogens with zero attached hydrogens (tertiary/aromatic N) is 4. The van der Waals surface area contributed by atoms with Crippen LogP contribution in [-0.2, 0) is 4.79 Å². The van der Waals surface area contributed by atoms with Crippen molar-refractivity contribution >= 4 is 44.7 Å². The molecule has 3 aromatic heterocycles. The molecule has 5 rings (SSSR count). The Balaban J connectivity index is 1.84. The number of halogens is 1. The molecule has 0 amide bonds. The highest BCUT2D eigenvalue weighted by Crippen LogP contribution is 2.49. The number of hydrogen-bond donors (Lipinski definition) is 0. The number of ketones is 1. The number of allylic oxidation sites excluding steroid dienone is 3. The molecule has 0 unspecified atom stereocenters. The van der Waals surface area contributed by atoms with E-state index < -0.39 is 0 Å². The second-order valence-electron chi connectivity index (χ2n) is 7.19. The molecule has 1 aliphatic heterocycles. The van der Waals surface area contributed by atoms with Gasteiger partial charge in [0.15, 0.2) is 5.78 Å². The van der Waals surface area contributed by atoms with Gasteiger partial charge in [0.05, 0.1) is 17.6 Å². The summed E-state index contributed by atoms with van der Waals surface area (Å²) in [5.74, 6) is 1.21. The van der Waals surface area contributed by atoms with Crippen LogP contribution in [0.4, 0.5) is 5.82 Å². The molecule has 30 heavy (non-hydrogen) atoms. The summed E-state index contributed by atoms with van der Waals surface area (Å²) in [4.78, 5) is 20.8. The molecular formula is C23H17BrN4OS. The van der Waals surface area contributed by atoms with E-state index in [4.69, 9.17) is 0 Å². The van der Waals surface area contributed by atoms with Crippen molar-refractivity contribution in [3.05, 3.63) is 86.6 Å². The fourth-order valence-corrected chi connectivity index (χ4v) is 5.34. The van der Waals surface area contributed by atoms with Gasteiger partial charge in [-0.15, -0.1) is 11.3 Å². The molecule has 148 valence electrons. The first-order valence-corrected chi connectivity index (χ1v) is 11.3. The van der Waals surface area contributed by atoms with Crippen molar-refractivity contribution in [2.45, 2.75) is 25.2 Å². The number of pyridine rings is 1. The minimum Gasteiger partial charge on any atom is -0.309 e. The summed E-state index contributed by atoms with van der Waals surface area (Å²) in [6.07, 6.45) is 7.68. The molecule has 0 aromatic carbocycles. The van der Waals surface area contributed by atoms with Gasteiger partial charge in [0.25, 0.3) is 0 Å². The number of anilines is 1. The highest BCUT2D eigenvalue weighted by molar-refractivity contribution is 9.10. The zero-order valence-corrected chi connectivity index (χ0v) is 18.4. The first kappa shape index (κ1) is 19.0. The van der Waals surface area contributed by atoms with Gasteiger partial charge < -0.3 is 4.57 Å². The average molecular weight is 477 g/mol. The predicted molar refractivity (Wildman–Crippen MR) is 121 cm³/mol. The molecule has 1 atom stereocenters. The van der Waals surface area contributed by atoms with E-state index in [9.17, 15) is 10.1 Å². The van der Waals surface area contributed by atoms with E-state index in [1.165, 1.54) is 0 Å². The third-order valence-corrected chi connectivity index (χ3v) is 6.87. The van der Waals surface area contributed by atoms with Crippen molar-refractivity contribution in [3.63, 3.8) is 0 Å². The zero-order valence-electron chi connectivity index (χ0n) is 16.0. The van der Waals surface area contributed by atoms with Crippen LogP contribution in [-0.4, -0.2) is 15.3 Å². The van der Waals surface area contributed by atoms with Crippen molar-refractivity contribution in [2.75, 3.05) is 4.90 Å². The van der Waals surface area contributed by atoms with Crippen LogP contribution in [0.3, 0.4) is 0 Å². The number of carbonyl (C=O) groups excluding carboxylic acids is 1. The Morgan fingerprint density at radius 3 is 2.67 bits per heavy atom. The number of nitriles is 1. The number of rotatable bonds is 3. The molecule has 0 saturated heterocycles. The summed E-state index contributed by atoms with van der Waals surface area (Å²) in [6.45, 7) is 0. The quantitative estimate of drug-likeness (QED) is 0.485. The Morgan fingerprint density at radius 1 is 1.17 bits per heavy atom. The standard InChI is InChI=1S/C23H17BrN4OS/c24-15-8-9-20(26-14-15)28-17-5-3-6-18(29)22(17)21(19-7-4-12-30-19)16(13-25)23(28)27-10-1-2-11-27/h1-2,4,7-12,14,21H,3,5-6H2/t21-/m0/s1. The van der Waals surface area contributed by atoms with E-state index in [2.05, 4.69) is 27.0 Å². The fourth-order valence-electron chi connectivity index (χ4n) is 4.26. The third kappa shape index (κ3) is 3.04. The maximum Gasteiger partial charge on any atom is 0.161 e. The fraction of sp³-hybridized carbons (Fsp3) is 0.174. The van der Waals surface area contributed by atoms with Gasteiger partial charge in [0.1, 0.15) is 11.6 Å². The van der Waals surface area contributed by atoms with Crippen LogP contribution in [0.1, 0.15) is 30.1 Å². The monoisotopic (exact) mass is 476 g/mol. The van der Waals surface area contributed by atoms with Crippen molar-refractivity contribution in [1.29, 1.82) is 5.26 Å². The molecular weight excluding hydrogens is 460 g/mol. The zero-order chi connectivity index (χ0) is 20.7. The summed E-state index contributed by atoms with van der Waals surface area (Å²) in [5, 5.41) is 12.3. The van der Waals surface area contributed by atoms with Gasteiger partial charge in [-0.05, 0) is 64.5 Å². The van der Waals surface area contributed by atoms with Gasteiger partial charge in [-0.1, -0.05) is 6.07 Å². The Bertz CT molecular complexity index is 1200. The lowest BCUT2D eigenvalue weighted by molar-refractivity contribution is -0.116. The van der Waals surface area contributed by atoms with Crippen LogP contribution in [0.15, 0.2) is 81.7 Å². The van der Waals surface area contributed by atoms with Gasteiger partial charge in [0.2, 0.25) is 0 Å². The summed E-state index contributed by atoms with van der Waals surface area (Å²) in [7, 11) is 0. The van der Waals surface area contributed by atoms with E-state index in [1.807, 2.05) is 63.6 Å². The lowest BCUT2D eigenvalue weighted by atomic mass is 9.78. The van der Waals surface area contributed by atoms with Gasteiger partial charge in [-0.2, -0.15) is 5.26 Å². The summed E-state index contributed by atoms with van der Waals surface area (Å²) >= 11 is 5.03. The van der Waals surface area contributed by atoms with E-state index in [0.717, 1.165) is 39.3 Å². The molecule has 0 spiro atoms. The Labute approximate surface area is 186 Å².